The Morgan fingerprint density at radius 2 is 1.20 bits per heavy atom. The van der Waals surface area contributed by atoms with E-state index in [1.165, 1.54) is 0 Å². The zero-order chi connectivity index (χ0) is 20.6. The number of benzene rings is 2. The Balaban J connectivity index is 1.41. The zero-order valence-electron chi connectivity index (χ0n) is 17.2. The Labute approximate surface area is 176 Å². The topological polar surface area (TPSA) is 61.6 Å². The maximum atomic E-state index is 6.29. The van der Waals surface area contributed by atoms with E-state index >= 15 is 0 Å². The summed E-state index contributed by atoms with van der Waals surface area (Å²) < 4.78 is 24.5. The van der Waals surface area contributed by atoms with Gasteiger partial charge in [0.05, 0.1) is 0 Å². The first-order chi connectivity index (χ1) is 14.6. The van der Waals surface area contributed by atoms with Gasteiger partial charge in [-0.1, -0.05) is 67.6 Å². The predicted molar refractivity (Wildman–Crippen MR) is 114 cm³/mol. The maximum Gasteiger partial charge on any atom is 0.217 e. The molecule has 30 heavy (non-hydrogen) atoms. The third kappa shape index (κ3) is 3.61. The van der Waals surface area contributed by atoms with Crippen LogP contribution in [0.25, 0.3) is 0 Å². The molecular weight excluding hydrogens is 380 g/mol. The summed E-state index contributed by atoms with van der Waals surface area (Å²) in [4.78, 5) is 9.64. The van der Waals surface area contributed by atoms with Crippen molar-refractivity contribution >= 4 is 11.8 Å². The first kappa shape index (κ1) is 19.3. The lowest BCUT2D eigenvalue weighted by Crippen LogP contribution is -2.37. The Bertz CT molecular complexity index is 871. The van der Waals surface area contributed by atoms with Gasteiger partial charge in [0.2, 0.25) is 11.8 Å². The van der Waals surface area contributed by atoms with Gasteiger partial charge in [-0.3, -0.25) is 0 Å². The minimum absolute atomic E-state index is 0.0394. The standard InChI is InChI=1S/C24H26N2O4/c1-3-24(2)29-20(22-25-18(14-27-22)16-10-6-4-7-11-16)21(30-24)23-26-19(15-28-23)17-12-8-5-9-13-17/h4-13,18-21H,3,14-15H2,1-2H3/t18-,19-,20+,21+/m0/s1. The molecule has 0 radical (unpaired) electrons. The smallest absolute Gasteiger partial charge is 0.217 e. The lowest BCUT2D eigenvalue weighted by molar-refractivity contribution is -0.154. The predicted octanol–water partition coefficient (Wildman–Crippen LogP) is 4.24. The van der Waals surface area contributed by atoms with Crippen LogP contribution < -0.4 is 0 Å². The van der Waals surface area contributed by atoms with Crippen LogP contribution in [-0.2, 0) is 18.9 Å². The van der Waals surface area contributed by atoms with Crippen molar-refractivity contribution in [1.29, 1.82) is 0 Å². The van der Waals surface area contributed by atoms with Gasteiger partial charge < -0.3 is 18.9 Å². The second-order valence-corrected chi connectivity index (χ2v) is 7.97. The van der Waals surface area contributed by atoms with Crippen molar-refractivity contribution < 1.29 is 18.9 Å². The van der Waals surface area contributed by atoms with E-state index in [4.69, 9.17) is 28.9 Å². The molecule has 1 saturated heterocycles. The van der Waals surface area contributed by atoms with Crippen molar-refractivity contribution in [2.75, 3.05) is 13.2 Å². The number of ether oxygens (including phenoxy) is 4. The summed E-state index contributed by atoms with van der Waals surface area (Å²) in [5.41, 5.74) is 2.25. The van der Waals surface area contributed by atoms with Gasteiger partial charge in [-0.05, 0) is 24.5 Å². The monoisotopic (exact) mass is 406 g/mol. The first-order valence-corrected chi connectivity index (χ1v) is 10.5. The van der Waals surface area contributed by atoms with Crippen molar-refractivity contribution in [3.05, 3.63) is 71.8 Å². The molecule has 0 unspecified atom stereocenters. The van der Waals surface area contributed by atoms with Crippen molar-refractivity contribution in [2.45, 2.75) is 50.3 Å². The van der Waals surface area contributed by atoms with Crippen LogP contribution in [-0.4, -0.2) is 43.0 Å². The molecular formula is C24H26N2O4. The van der Waals surface area contributed by atoms with Gasteiger partial charge in [0.25, 0.3) is 0 Å². The molecule has 2 aromatic carbocycles. The molecule has 4 atom stereocenters. The van der Waals surface area contributed by atoms with Crippen molar-refractivity contribution in [2.24, 2.45) is 9.98 Å². The molecule has 3 heterocycles. The van der Waals surface area contributed by atoms with E-state index in [2.05, 4.69) is 24.3 Å². The van der Waals surface area contributed by atoms with Crippen molar-refractivity contribution in [3.63, 3.8) is 0 Å². The number of nitrogens with zero attached hydrogens (tertiary/aromatic N) is 2. The highest BCUT2D eigenvalue weighted by atomic mass is 16.8. The summed E-state index contributed by atoms with van der Waals surface area (Å²) in [6.07, 6.45) is -0.251. The molecule has 5 rings (SSSR count). The summed E-state index contributed by atoms with van der Waals surface area (Å²) in [5.74, 6) is 0.379. The van der Waals surface area contributed by atoms with Gasteiger partial charge in [-0.15, -0.1) is 0 Å². The fourth-order valence-electron chi connectivity index (χ4n) is 4.00. The average molecular weight is 406 g/mol. The second-order valence-electron chi connectivity index (χ2n) is 7.97. The zero-order valence-corrected chi connectivity index (χ0v) is 17.2. The van der Waals surface area contributed by atoms with Gasteiger partial charge in [-0.2, -0.15) is 0 Å². The second kappa shape index (κ2) is 7.85. The van der Waals surface area contributed by atoms with Crippen LogP contribution >= 0.6 is 0 Å². The molecule has 0 bridgehead atoms. The molecule has 0 saturated carbocycles. The molecule has 0 N–H and O–H groups in total. The number of hydrogen-bond acceptors (Lipinski definition) is 6. The fourth-order valence-corrected chi connectivity index (χ4v) is 4.00. The van der Waals surface area contributed by atoms with Gasteiger partial charge in [-0.25, -0.2) is 9.98 Å². The van der Waals surface area contributed by atoms with Crippen molar-refractivity contribution in [3.8, 4) is 0 Å². The molecule has 0 aromatic heterocycles. The van der Waals surface area contributed by atoms with E-state index in [-0.39, 0.29) is 12.1 Å². The van der Waals surface area contributed by atoms with E-state index in [9.17, 15) is 0 Å². The minimum atomic E-state index is -0.733. The largest absolute Gasteiger partial charge is 0.476 e. The van der Waals surface area contributed by atoms with Gasteiger partial charge >= 0.3 is 0 Å². The summed E-state index contributed by atoms with van der Waals surface area (Å²) in [6.45, 7) is 4.96. The van der Waals surface area contributed by atoms with Crippen LogP contribution in [0.2, 0.25) is 0 Å². The van der Waals surface area contributed by atoms with E-state index in [1.807, 2.05) is 50.2 Å². The third-order valence-electron chi connectivity index (χ3n) is 5.87. The highest BCUT2D eigenvalue weighted by Gasteiger charge is 2.51. The molecule has 0 aliphatic carbocycles. The van der Waals surface area contributed by atoms with Gasteiger partial charge in [0, 0.05) is 0 Å². The lowest BCUT2D eigenvalue weighted by atomic mass is 10.1. The third-order valence-corrected chi connectivity index (χ3v) is 5.87. The highest BCUT2D eigenvalue weighted by Crippen LogP contribution is 2.37. The Morgan fingerprint density at radius 1 is 0.767 bits per heavy atom. The molecule has 2 aromatic rings. The normalized spacial score (nSPS) is 29.8. The van der Waals surface area contributed by atoms with Gasteiger partial charge in [0.15, 0.2) is 18.0 Å². The maximum absolute atomic E-state index is 6.29. The van der Waals surface area contributed by atoms with Crippen molar-refractivity contribution in [1.82, 2.24) is 0 Å². The molecule has 6 nitrogen and oxygen atoms in total. The molecule has 3 aliphatic heterocycles. The lowest BCUT2D eigenvalue weighted by Gasteiger charge is -2.20. The molecule has 3 aliphatic rings. The van der Waals surface area contributed by atoms with Crippen LogP contribution in [0.1, 0.15) is 43.5 Å². The average Bonchev–Trinajstić information content (AvgIpc) is 3.53. The summed E-state index contributed by atoms with van der Waals surface area (Å²) in [5, 5.41) is 0. The number of rotatable bonds is 5. The van der Waals surface area contributed by atoms with Crippen LogP contribution in [0.3, 0.4) is 0 Å². The summed E-state index contributed by atoms with van der Waals surface area (Å²) >= 11 is 0. The minimum Gasteiger partial charge on any atom is -0.476 e. The number of hydrogen-bond donors (Lipinski definition) is 0. The molecule has 0 spiro atoms. The van der Waals surface area contributed by atoms with Gasteiger partial charge in [0.1, 0.15) is 25.3 Å². The van der Waals surface area contributed by atoms with Crippen LogP contribution in [0.4, 0.5) is 0 Å². The van der Waals surface area contributed by atoms with E-state index in [0.717, 1.165) is 11.1 Å². The Hall–Kier alpha value is -2.70. The van der Waals surface area contributed by atoms with E-state index < -0.39 is 18.0 Å². The molecule has 1 fully saturated rings. The summed E-state index contributed by atoms with van der Waals surface area (Å²) in [6, 6.07) is 20.2. The van der Waals surface area contributed by atoms with Crippen LogP contribution in [0.15, 0.2) is 70.6 Å². The van der Waals surface area contributed by atoms with E-state index in [0.29, 0.717) is 31.4 Å². The van der Waals surface area contributed by atoms with E-state index in [1.54, 1.807) is 0 Å². The quantitative estimate of drug-likeness (QED) is 0.745. The molecule has 0 amide bonds. The van der Waals surface area contributed by atoms with Crippen LogP contribution in [0.5, 0.6) is 0 Å². The SMILES string of the molecule is CCC1(C)O[C@@H](C2=N[C@H](c3ccccc3)CO2)[C@H](C2=N[C@H](c3ccccc3)CO2)O1. The molecule has 6 heteroatoms. The number of aliphatic imine (C=N–C) groups is 2. The fraction of sp³-hybridized carbons (Fsp3) is 0.417. The summed E-state index contributed by atoms with van der Waals surface area (Å²) in [7, 11) is 0. The van der Waals surface area contributed by atoms with Crippen LogP contribution in [0, 0.1) is 0 Å². The Morgan fingerprint density at radius 3 is 1.60 bits per heavy atom. The molecule has 156 valence electrons. The highest BCUT2D eigenvalue weighted by molar-refractivity contribution is 5.93. The Kier molecular flexibility index (Phi) is 5.05. The first-order valence-electron chi connectivity index (χ1n) is 10.5.